The third-order valence-corrected chi connectivity index (χ3v) is 8.93. The minimum atomic E-state index is -1.04. The van der Waals surface area contributed by atoms with Gasteiger partial charge in [-0.25, -0.2) is 8.78 Å². The maximum absolute atomic E-state index is 14.2. The third-order valence-electron chi connectivity index (χ3n) is 8.93. The molecule has 0 radical (unpaired) electrons. The van der Waals surface area contributed by atoms with Crippen molar-refractivity contribution in [2.75, 3.05) is 26.7 Å². The van der Waals surface area contributed by atoms with E-state index in [1.807, 2.05) is 32.9 Å². The molecule has 254 valence electrons. The Bertz CT molecular complexity index is 1460. The van der Waals surface area contributed by atoms with Crippen LogP contribution in [0.5, 0.6) is 5.75 Å². The summed E-state index contributed by atoms with van der Waals surface area (Å²) in [5.41, 5.74) is 3.01. The molecule has 0 spiro atoms. The Kier molecular flexibility index (Phi) is 13.3. The number of nitrogens with zero attached hydrogens (tertiary/aromatic N) is 1. The van der Waals surface area contributed by atoms with E-state index in [0.29, 0.717) is 43.1 Å². The summed E-state index contributed by atoms with van der Waals surface area (Å²) in [6, 6.07) is 15.2. The van der Waals surface area contributed by atoms with Gasteiger partial charge in [-0.2, -0.15) is 0 Å². The van der Waals surface area contributed by atoms with Crippen molar-refractivity contribution in [2.24, 2.45) is 5.92 Å². The van der Waals surface area contributed by atoms with Crippen molar-refractivity contribution in [3.63, 3.8) is 0 Å². The molecular weight excluding hydrogens is 600 g/mol. The highest BCUT2D eigenvalue weighted by Crippen LogP contribution is 2.26. The summed E-state index contributed by atoms with van der Waals surface area (Å²) in [6.07, 6.45) is 4.11. The van der Waals surface area contributed by atoms with E-state index in [1.54, 1.807) is 30.2 Å². The van der Waals surface area contributed by atoms with Crippen LogP contribution in [0.4, 0.5) is 8.78 Å². The van der Waals surface area contributed by atoms with E-state index in [4.69, 9.17) is 4.74 Å². The van der Waals surface area contributed by atoms with Crippen LogP contribution in [0.2, 0.25) is 0 Å². The fourth-order valence-electron chi connectivity index (χ4n) is 6.57. The van der Waals surface area contributed by atoms with Crippen LogP contribution in [0.3, 0.4) is 0 Å². The second-order valence-electron chi connectivity index (χ2n) is 12.8. The monoisotopic (exact) mass is 649 g/mol. The molecule has 3 N–H and O–H groups in total. The van der Waals surface area contributed by atoms with Gasteiger partial charge in [-0.3, -0.25) is 9.59 Å². The second kappa shape index (κ2) is 17.4. The summed E-state index contributed by atoms with van der Waals surface area (Å²) in [5, 5.41) is 18.1. The summed E-state index contributed by atoms with van der Waals surface area (Å²) in [5.74, 6) is -0.883. The lowest BCUT2D eigenvalue weighted by atomic mass is 9.83. The highest BCUT2D eigenvalue weighted by molar-refractivity contribution is 6.00. The normalized spacial score (nSPS) is 17.5. The molecule has 3 aromatic carbocycles. The van der Waals surface area contributed by atoms with E-state index < -0.39 is 29.7 Å². The number of hydrogen-bond donors (Lipinski definition) is 3. The minimum absolute atomic E-state index is 0.0225. The molecule has 0 bridgehead atoms. The van der Waals surface area contributed by atoms with Crippen LogP contribution in [0, 0.1) is 24.5 Å². The molecule has 0 saturated carbocycles. The number of benzene rings is 3. The van der Waals surface area contributed by atoms with Crippen LogP contribution < -0.4 is 15.4 Å². The maximum Gasteiger partial charge on any atom is 0.253 e. The number of ether oxygens (including phenoxy) is 1. The first-order chi connectivity index (χ1) is 22.6. The molecule has 9 heteroatoms. The van der Waals surface area contributed by atoms with E-state index in [2.05, 4.69) is 22.8 Å². The van der Waals surface area contributed by atoms with E-state index in [-0.39, 0.29) is 23.9 Å². The molecule has 4 rings (SSSR count). The van der Waals surface area contributed by atoms with Gasteiger partial charge in [0.25, 0.3) is 11.8 Å². The van der Waals surface area contributed by atoms with Gasteiger partial charge in [0.1, 0.15) is 17.4 Å². The van der Waals surface area contributed by atoms with Gasteiger partial charge in [-0.15, -0.1) is 0 Å². The number of aryl methyl sites for hydroxylation is 2. The largest absolute Gasteiger partial charge is 0.497 e. The predicted molar refractivity (Wildman–Crippen MR) is 181 cm³/mol. The zero-order valence-corrected chi connectivity index (χ0v) is 28.0. The maximum atomic E-state index is 14.2. The summed E-state index contributed by atoms with van der Waals surface area (Å²) in [4.78, 5) is 28.9. The van der Waals surface area contributed by atoms with Crippen LogP contribution in [-0.4, -0.2) is 66.8 Å². The highest BCUT2D eigenvalue weighted by Gasteiger charge is 2.33. The van der Waals surface area contributed by atoms with Gasteiger partial charge in [0, 0.05) is 36.3 Å². The first kappa shape index (κ1) is 36.0. The molecule has 1 saturated heterocycles. The molecule has 2 amide bonds. The standard InChI is InChI=1S/C38H49F2N3O4/c1-5-15-43(16-6-2)38(46)30-18-25(3)17-29(23-30)37(45)42-35(22-28-19-31(39)24-32(40)20-28)36(44)34-21-27(13-14-41-34)8-7-26-9-11-33(47-4)12-10-26/h9-12,17-20,23-24,27,34-36,41,44H,5-8,13-16,21-22H2,1-4H3,(H,42,45)/t27-,34+,35-,36+/m0/s1. The number of aliphatic hydroxyl groups is 1. The average molecular weight is 650 g/mol. The van der Waals surface area contributed by atoms with Crippen molar-refractivity contribution in [1.29, 1.82) is 0 Å². The van der Waals surface area contributed by atoms with Crippen molar-refractivity contribution in [3.05, 3.63) is 100 Å². The molecule has 3 aromatic rings. The Morgan fingerprint density at radius 1 is 0.979 bits per heavy atom. The van der Waals surface area contributed by atoms with Crippen molar-refractivity contribution in [2.45, 2.75) is 83.9 Å². The quantitative estimate of drug-likeness (QED) is 0.181. The molecule has 1 heterocycles. The van der Waals surface area contributed by atoms with Gasteiger partial charge < -0.3 is 25.4 Å². The van der Waals surface area contributed by atoms with Gasteiger partial charge in [-0.1, -0.05) is 26.0 Å². The number of nitrogens with one attached hydrogen (secondary N) is 2. The minimum Gasteiger partial charge on any atom is -0.497 e. The number of carbonyl (C=O) groups excluding carboxylic acids is 2. The molecule has 0 aliphatic carbocycles. The van der Waals surface area contributed by atoms with Gasteiger partial charge in [-0.05, 0) is 123 Å². The SMILES string of the molecule is CCCN(CCC)C(=O)c1cc(C)cc(C(=O)N[C@@H](Cc2cc(F)cc(F)c2)[C@H](O)[C@H]2C[C@@H](CCc3ccc(OC)cc3)CCN2)c1. The molecule has 4 atom stereocenters. The highest BCUT2D eigenvalue weighted by atomic mass is 19.1. The lowest BCUT2D eigenvalue weighted by Gasteiger charge is -2.37. The van der Waals surface area contributed by atoms with Crippen LogP contribution in [0.1, 0.15) is 83.4 Å². The average Bonchev–Trinajstić information content (AvgIpc) is 3.06. The second-order valence-corrected chi connectivity index (χ2v) is 12.8. The Morgan fingerprint density at radius 2 is 1.64 bits per heavy atom. The zero-order valence-electron chi connectivity index (χ0n) is 28.0. The summed E-state index contributed by atoms with van der Waals surface area (Å²) >= 11 is 0. The Labute approximate surface area is 277 Å². The Hall–Kier alpha value is -3.82. The van der Waals surface area contributed by atoms with Crippen LogP contribution >= 0.6 is 0 Å². The number of piperidine rings is 1. The van der Waals surface area contributed by atoms with E-state index in [1.165, 1.54) is 17.7 Å². The lowest BCUT2D eigenvalue weighted by Crippen LogP contribution is -2.56. The number of carbonyl (C=O) groups is 2. The summed E-state index contributed by atoms with van der Waals surface area (Å²) in [6.45, 7) is 7.82. The van der Waals surface area contributed by atoms with E-state index in [0.717, 1.165) is 49.5 Å². The summed E-state index contributed by atoms with van der Waals surface area (Å²) < 4.78 is 33.6. The lowest BCUT2D eigenvalue weighted by molar-refractivity contribution is 0.0568. The topological polar surface area (TPSA) is 90.9 Å². The molecule has 0 unspecified atom stereocenters. The van der Waals surface area contributed by atoms with Crippen LogP contribution in [0.25, 0.3) is 0 Å². The number of amides is 2. The van der Waals surface area contributed by atoms with Gasteiger partial charge >= 0.3 is 0 Å². The number of halogens is 2. The first-order valence-electron chi connectivity index (χ1n) is 16.8. The number of hydrogen-bond acceptors (Lipinski definition) is 5. The molecule has 1 aliphatic heterocycles. The molecule has 47 heavy (non-hydrogen) atoms. The van der Waals surface area contributed by atoms with Crippen molar-refractivity contribution >= 4 is 11.8 Å². The van der Waals surface area contributed by atoms with E-state index >= 15 is 0 Å². The Balaban J connectivity index is 1.52. The molecule has 0 aromatic heterocycles. The predicted octanol–water partition coefficient (Wildman–Crippen LogP) is 6.25. The molecule has 7 nitrogen and oxygen atoms in total. The van der Waals surface area contributed by atoms with Crippen molar-refractivity contribution in [1.82, 2.24) is 15.5 Å². The zero-order chi connectivity index (χ0) is 33.9. The van der Waals surface area contributed by atoms with Crippen molar-refractivity contribution in [3.8, 4) is 5.75 Å². The Morgan fingerprint density at radius 3 is 2.28 bits per heavy atom. The van der Waals surface area contributed by atoms with Crippen LogP contribution in [0.15, 0.2) is 60.7 Å². The fraction of sp³-hybridized carbons (Fsp3) is 0.474. The molecular formula is C38H49F2N3O4. The smallest absolute Gasteiger partial charge is 0.253 e. The van der Waals surface area contributed by atoms with E-state index in [9.17, 15) is 23.5 Å². The first-order valence-corrected chi connectivity index (χ1v) is 16.8. The van der Waals surface area contributed by atoms with Gasteiger partial charge in [0.05, 0.1) is 19.3 Å². The van der Waals surface area contributed by atoms with Crippen molar-refractivity contribution < 1.29 is 28.2 Å². The third kappa shape index (κ3) is 10.3. The van der Waals surface area contributed by atoms with Gasteiger partial charge in [0.2, 0.25) is 0 Å². The number of methoxy groups -OCH3 is 1. The molecule has 1 fully saturated rings. The fourth-order valence-corrected chi connectivity index (χ4v) is 6.57. The molecule has 1 aliphatic rings. The number of aliphatic hydroxyl groups excluding tert-OH is 1. The van der Waals surface area contributed by atoms with Crippen LogP contribution in [-0.2, 0) is 12.8 Å². The number of rotatable bonds is 15. The summed E-state index contributed by atoms with van der Waals surface area (Å²) in [7, 11) is 1.64. The van der Waals surface area contributed by atoms with Gasteiger partial charge in [0.15, 0.2) is 0 Å².